The van der Waals surface area contributed by atoms with Crippen LogP contribution in [0, 0.1) is 0 Å². The summed E-state index contributed by atoms with van der Waals surface area (Å²) < 4.78 is 11.7. The molecule has 1 amide bonds. The van der Waals surface area contributed by atoms with Crippen molar-refractivity contribution in [1.29, 1.82) is 0 Å². The first-order valence-electron chi connectivity index (χ1n) is 13.0. The molecule has 1 atom stereocenters. The molecule has 39 heavy (non-hydrogen) atoms. The molecule has 6 nitrogen and oxygen atoms in total. The topological polar surface area (TPSA) is 71.0 Å². The van der Waals surface area contributed by atoms with Crippen LogP contribution in [0.1, 0.15) is 42.2 Å². The molecule has 202 valence electrons. The molecule has 0 radical (unpaired) electrons. The quantitative estimate of drug-likeness (QED) is 0.201. The summed E-state index contributed by atoms with van der Waals surface area (Å²) in [5.74, 6) is 1.34. The Balaban J connectivity index is 1.60. The van der Waals surface area contributed by atoms with E-state index in [4.69, 9.17) is 9.47 Å². The van der Waals surface area contributed by atoms with Crippen LogP contribution < -0.4 is 14.8 Å². The summed E-state index contributed by atoms with van der Waals surface area (Å²) in [4.78, 5) is 13.6. The molecule has 0 saturated heterocycles. The average molecular weight is 525 g/mol. The summed E-state index contributed by atoms with van der Waals surface area (Å²) >= 11 is 0. The summed E-state index contributed by atoms with van der Waals surface area (Å²) in [6.07, 6.45) is -0.203. The first-order valence-corrected chi connectivity index (χ1v) is 13.0. The number of carbonyl (C=O) groups is 1. The number of benzene rings is 4. The Labute approximate surface area is 230 Å². The van der Waals surface area contributed by atoms with Gasteiger partial charge in [-0.25, -0.2) is 0 Å². The molecule has 0 bridgehead atoms. The zero-order valence-corrected chi connectivity index (χ0v) is 22.7. The molecule has 4 aromatic rings. The number of nitrogens with zero attached hydrogens (tertiary/aromatic N) is 1. The number of aliphatic hydroxyl groups excluding tert-OH is 1. The highest BCUT2D eigenvalue weighted by molar-refractivity contribution is 5.76. The normalized spacial score (nSPS) is 12.1. The maximum Gasteiger partial charge on any atom is 0.211 e. The minimum atomic E-state index is -0.821. The van der Waals surface area contributed by atoms with Crippen LogP contribution in [0.5, 0.6) is 11.5 Å². The number of ether oxygens (including phenoxy) is 2. The molecule has 0 fully saturated rings. The molecule has 4 rings (SSSR count). The highest BCUT2D eigenvalue weighted by Crippen LogP contribution is 2.37. The zero-order valence-electron chi connectivity index (χ0n) is 22.7. The lowest BCUT2D eigenvalue weighted by molar-refractivity contribution is -0.105. The van der Waals surface area contributed by atoms with Gasteiger partial charge in [0, 0.05) is 24.2 Å². The molecule has 1 unspecified atom stereocenters. The van der Waals surface area contributed by atoms with Crippen molar-refractivity contribution in [3.8, 4) is 11.5 Å². The lowest BCUT2D eigenvalue weighted by Crippen LogP contribution is -2.43. The third-order valence-electron chi connectivity index (χ3n) is 7.01. The maximum absolute atomic E-state index is 11.5. The number of carbonyl (C=O) groups excluding carboxylic acids is 1. The number of hydrogen-bond donors (Lipinski definition) is 2. The van der Waals surface area contributed by atoms with E-state index in [1.165, 1.54) is 0 Å². The number of rotatable bonds is 13. The standard InChI is InChI=1S/C33H36N2O4/c1-33(2,28-16-10-11-17-31(28)38-3)35(21-25-12-6-4-7-13-25)22-30(37)27-18-19-32(29(20-27)34-24-36)39-23-26-14-8-5-9-15-26/h4-20,24,30,37H,21-23H2,1-3H3,(H,34,36). The van der Waals surface area contributed by atoms with Gasteiger partial charge < -0.3 is 19.9 Å². The van der Waals surface area contributed by atoms with E-state index in [0.29, 0.717) is 43.1 Å². The van der Waals surface area contributed by atoms with E-state index in [1.807, 2.05) is 72.8 Å². The number of nitrogens with one attached hydrogen (secondary N) is 1. The second-order valence-electron chi connectivity index (χ2n) is 9.93. The molecule has 6 heteroatoms. The molecule has 0 aromatic heterocycles. The van der Waals surface area contributed by atoms with Gasteiger partial charge in [-0.2, -0.15) is 0 Å². The maximum atomic E-state index is 11.5. The van der Waals surface area contributed by atoms with E-state index in [0.717, 1.165) is 22.4 Å². The van der Waals surface area contributed by atoms with Crippen molar-refractivity contribution in [2.75, 3.05) is 19.0 Å². The predicted molar refractivity (Wildman–Crippen MR) is 155 cm³/mol. The van der Waals surface area contributed by atoms with E-state index in [2.05, 4.69) is 42.3 Å². The molecule has 0 aliphatic carbocycles. The molecule has 0 heterocycles. The van der Waals surface area contributed by atoms with Crippen molar-refractivity contribution in [2.45, 2.75) is 38.6 Å². The van der Waals surface area contributed by atoms with Gasteiger partial charge in [0.1, 0.15) is 18.1 Å². The third-order valence-corrected chi connectivity index (χ3v) is 7.01. The Hall–Kier alpha value is -4.13. The van der Waals surface area contributed by atoms with Crippen LogP contribution in [0.25, 0.3) is 0 Å². The number of hydrogen-bond acceptors (Lipinski definition) is 5. The van der Waals surface area contributed by atoms with E-state index in [-0.39, 0.29) is 0 Å². The highest BCUT2D eigenvalue weighted by Gasteiger charge is 2.33. The Kier molecular flexibility index (Phi) is 9.36. The fourth-order valence-corrected chi connectivity index (χ4v) is 4.72. The van der Waals surface area contributed by atoms with Gasteiger partial charge in [0.15, 0.2) is 0 Å². The average Bonchev–Trinajstić information content (AvgIpc) is 2.97. The van der Waals surface area contributed by atoms with Crippen molar-refractivity contribution in [3.05, 3.63) is 125 Å². The van der Waals surface area contributed by atoms with Crippen molar-refractivity contribution in [1.82, 2.24) is 4.90 Å². The van der Waals surface area contributed by atoms with Gasteiger partial charge in [-0.1, -0.05) is 84.9 Å². The van der Waals surface area contributed by atoms with E-state index >= 15 is 0 Å². The van der Waals surface area contributed by atoms with Crippen LogP contribution in [-0.2, 0) is 23.5 Å². The molecule has 0 saturated carbocycles. The van der Waals surface area contributed by atoms with Crippen LogP contribution in [0.4, 0.5) is 5.69 Å². The molecule has 0 aliphatic heterocycles. The van der Waals surface area contributed by atoms with Gasteiger partial charge in [-0.3, -0.25) is 9.69 Å². The highest BCUT2D eigenvalue weighted by atomic mass is 16.5. The number of methoxy groups -OCH3 is 1. The third kappa shape index (κ3) is 7.05. The van der Waals surface area contributed by atoms with Crippen LogP contribution >= 0.6 is 0 Å². The van der Waals surface area contributed by atoms with Crippen molar-refractivity contribution in [3.63, 3.8) is 0 Å². The van der Waals surface area contributed by atoms with Gasteiger partial charge in [0.2, 0.25) is 6.41 Å². The van der Waals surface area contributed by atoms with E-state index in [1.54, 1.807) is 19.2 Å². The first-order chi connectivity index (χ1) is 18.9. The Morgan fingerprint density at radius 1 is 0.872 bits per heavy atom. The van der Waals surface area contributed by atoms with E-state index in [9.17, 15) is 9.90 Å². The largest absolute Gasteiger partial charge is 0.496 e. The van der Waals surface area contributed by atoms with Crippen molar-refractivity contribution >= 4 is 12.1 Å². The Morgan fingerprint density at radius 3 is 2.18 bits per heavy atom. The minimum absolute atomic E-state index is 0.352. The van der Waals surface area contributed by atoms with Crippen molar-refractivity contribution in [2.24, 2.45) is 0 Å². The monoisotopic (exact) mass is 524 g/mol. The summed E-state index contributed by atoms with van der Waals surface area (Å²) in [7, 11) is 1.67. The second-order valence-corrected chi connectivity index (χ2v) is 9.93. The van der Waals surface area contributed by atoms with Crippen LogP contribution in [0.15, 0.2) is 103 Å². The summed E-state index contributed by atoms with van der Waals surface area (Å²) in [5, 5.41) is 14.2. The summed E-state index contributed by atoms with van der Waals surface area (Å²) in [5.41, 5.74) is 3.92. The molecule has 0 aliphatic rings. The predicted octanol–water partition coefficient (Wildman–Crippen LogP) is 6.31. The van der Waals surface area contributed by atoms with E-state index < -0.39 is 11.6 Å². The van der Waals surface area contributed by atoms with Gasteiger partial charge >= 0.3 is 0 Å². The van der Waals surface area contributed by atoms with Gasteiger partial charge in [0.05, 0.1) is 18.9 Å². The number of aliphatic hydroxyl groups is 1. The van der Waals surface area contributed by atoms with Crippen LogP contribution in [0.3, 0.4) is 0 Å². The summed E-state index contributed by atoms with van der Waals surface area (Å²) in [6, 6.07) is 33.4. The van der Waals surface area contributed by atoms with Crippen LogP contribution in [0.2, 0.25) is 0 Å². The van der Waals surface area contributed by atoms with Crippen LogP contribution in [-0.4, -0.2) is 30.1 Å². The lowest BCUT2D eigenvalue weighted by atomic mass is 9.89. The number of amides is 1. The lowest BCUT2D eigenvalue weighted by Gasteiger charge is -2.41. The Bertz CT molecular complexity index is 1340. The first kappa shape index (κ1) is 27.9. The second kappa shape index (κ2) is 13.1. The number of anilines is 1. The molecular formula is C33H36N2O4. The fourth-order valence-electron chi connectivity index (χ4n) is 4.72. The molecule has 4 aromatic carbocycles. The number of para-hydroxylation sites is 1. The minimum Gasteiger partial charge on any atom is -0.496 e. The Morgan fingerprint density at radius 2 is 1.51 bits per heavy atom. The van der Waals surface area contributed by atoms with Gasteiger partial charge in [-0.05, 0) is 48.7 Å². The van der Waals surface area contributed by atoms with Gasteiger partial charge in [-0.15, -0.1) is 0 Å². The van der Waals surface area contributed by atoms with Crippen molar-refractivity contribution < 1.29 is 19.4 Å². The fraction of sp³-hybridized carbons (Fsp3) is 0.242. The summed E-state index contributed by atoms with van der Waals surface area (Å²) in [6.45, 7) is 5.63. The zero-order chi connectivity index (χ0) is 27.7. The molecule has 2 N–H and O–H groups in total. The SMILES string of the molecule is COc1ccccc1C(C)(C)N(Cc1ccccc1)CC(O)c1ccc(OCc2ccccc2)c(NC=O)c1. The van der Waals surface area contributed by atoms with Gasteiger partial charge in [0.25, 0.3) is 0 Å². The smallest absolute Gasteiger partial charge is 0.211 e. The molecular weight excluding hydrogens is 488 g/mol. The molecule has 0 spiro atoms.